The van der Waals surface area contributed by atoms with E-state index in [4.69, 9.17) is 11.6 Å². The average Bonchev–Trinajstić information content (AvgIpc) is 2.53. The van der Waals surface area contributed by atoms with Crippen molar-refractivity contribution in [1.82, 2.24) is 4.90 Å². The molecule has 1 atom stereocenters. The van der Waals surface area contributed by atoms with Gasteiger partial charge < -0.3 is 15.3 Å². The molecule has 0 aromatic heterocycles. The Morgan fingerprint density at radius 2 is 2.00 bits per heavy atom. The van der Waals surface area contributed by atoms with Gasteiger partial charge in [0.15, 0.2) is 0 Å². The molecule has 0 saturated heterocycles. The highest BCUT2D eigenvalue weighted by Crippen LogP contribution is 2.18. The lowest BCUT2D eigenvalue weighted by molar-refractivity contribution is 0.102. The fourth-order valence-corrected chi connectivity index (χ4v) is 2.61. The van der Waals surface area contributed by atoms with Crippen LogP contribution < -0.4 is 5.32 Å². The van der Waals surface area contributed by atoms with Crippen molar-refractivity contribution in [2.75, 3.05) is 18.9 Å². The molecule has 2 aromatic carbocycles. The topological polar surface area (TPSA) is 52.6 Å². The summed E-state index contributed by atoms with van der Waals surface area (Å²) in [5.41, 5.74) is 2.29. The summed E-state index contributed by atoms with van der Waals surface area (Å²) in [6.45, 7) is 3.36. The number of halogens is 1. The standard InChI is InChI=1S/C19H23ClN2O2/c1-14(23)10-11-22(2)13-15-6-5-7-16(12-15)21-19(24)17-8-3-4-9-18(17)20/h3-9,12,14,23H,10-11,13H2,1-2H3,(H,21,24). The Morgan fingerprint density at radius 1 is 1.25 bits per heavy atom. The van der Waals surface area contributed by atoms with Gasteiger partial charge in [0.2, 0.25) is 0 Å². The molecular weight excluding hydrogens is 324 g/mol. The maximum atomic E-state index is 12.3. The van der Waals surface area contributed by atoms with Gasteiger partial charge in [-0.05, 0) is 50.2 Å². The van der Waals surface area contributed by atoms with Gasteiger partial charge in [-0.2, -0.15) is 0 Å². The van der Waals surface area contributed by atoms with Crippen LogP contribution in [0.5, 0.6) is 0 Å². The van der Waals surface area contributed by atoms with Gasteiger partial charge >= 0.3 is 0 Å². The molecule has 0 bridgehead atoms. The van der Waals surface area contributed by atoms with Crippen molar-refractivity contribution in [3.05, 3.63) is 64.7 Å². The largest absolute Gasteiger partial charge is 0.393 e. The Balaban J connectivity index is 2.00. The zero-order valence-corrected chi connectivity index (χ0v) is 14.8. The monoisotopic (exact) mass is 346 g/mol. The minimum Gasteiger partial charge on any atom is -0.393 e. The quantitative estimate of drug-likeness (QED) is 0.801. The zero-order chi connectivity index (χ0) is 17.5. The molecule has 2 rings (SSSR count). The number of nitrogens with one attached hydrogen (secondary N) is 1. The number of rotatable bonds is 7. The second-order valence-electron chi connectivity index (χ2n) is 6.01. The number of carbonyl (C=O) groups is 1. The van der Waals surface area contributed by atoms with E-state index in [9.17, 15) is 9.90 Å². The molecule has 0 heterocycles. The Labute approximate surface area is 148 Å². The number of carbonyl (C=O) groups excluding carboxylic acids is 1. The van der Waals surface area contributed by atoms with Gasteiger partial charge in [0, 0.05) is 18.8 Å². The van der Waals surface area contributed by atoms with Crippen molar-refractivity contribution in [2.45, 2.75) is 26.0 Å². The van der Waals surface area contributed by atoms with Crippen LogP contribution >= 0.6 is 11.6 Å². The van der Waals surface area contributed by atoms with Gasteiger partial charge in [-0.3, -0.25) is 4.79 Å². The lowest BCUT2D eigenvalue weighted by Crippen LogP contribution is -2.22. The van der Waals surface area contributed by atoms with E-state index in [1.807, 2.05) is 31.3 Å². The first-order valence-corrected chi connectivity index (χ1v) is 8.35. The number of hydrogen-bond donors (Lipinski definition) is 2. The third-order valence-corrected chi connectivity index (χ3v) is 4.01. The summed E-state index contributed by atoms with van der Waals surface area (Å²) in [6.07, 6.45) is 0.438. The first-order chi connectivity index (χ1) is 11.5. The molecule has 1 unspecified atom stereocenters. The molecule has 2 aromatic rings. The maximum Gasteiger partial charge on any atom is 0.257 e. The summed E-state index contributed by atoms with van der Waals surface area (Å²) in [5, 5.41) is 12.7. The Morgan fingerprint density at radius 3 is 2.71 bits per heavy atom. The number of aliphatic hydroxyl groups is 1. The van der Waals surface area contributed by atoms with Crippen LogP contribution in [0.1, 0.15) is 29.3 Å². The van der Waals surface area contributed by atoms with E-state index < -0.39 is 0 Å². The molecule has 4 nitrogen and oxygen atoms in total. The molecular formula is C19H23ClN2O2. The van der Waals surface area contributed by atoms with Crippen molar-refractivity contribution in [2.24, 2.45) is 0 Å². The van der Waals surface area contributed by atoms with Crippen LogP contribution in [0.4, 0.5) is 5.69 Å². The lowest BCUT2D eigenvalue weighted by atomic mass is 10.1. The third-order valence-electron chi connectivity index (χ3n) is 3.68. The van der Waals surface area contributed by atoms with E-state index in [0.29, 0.717) is 10.6 Å². The summed E-state index contributed by atoms with van der Waals surface area (Å²) in [6, 6.07) is 14.7. The summed E-state index contributed by atoms with van der Waals surface area (Å²) in [5.74, 6) is -0.222. The van der Waals surface area contributed by atoms with Crippen molar-refractivity contribution >= 4 is 23.2 Å². The number of anilines is 1. The van der Waals surface area contributed by atoms with Crippen LogP contribution in [0, 0.1) is 0 Å². The van der Waals surface area contributed by atoms with Gasteiger partial charge in [-0.1, -0.05) is 35.9 Å². The minimum absolute atomic E-state index is 0.222. The van der Waals surface area contributed by atoms with E-state index in [0.717, 1.165) is 30.8 Å². The Kier molecular flexibility index (Phi) is 6.79. The van der Waals surface area contributed by atoms with Crippen LogP contribution in [0.15, 0.2) is 48.5 Å². The first-order valence-electron chi connectivity index (χ1n) is 7.97. The highest BCUT2D eigenvalue weighted by Gasteiger charge is 2.10. The van der Waals surface area contributed by atoms with E-state index >= 15 is 0 Å². The molecule has 0 aliphatic rings. The number of benzene rings is 2. The SMILES string of the molecule is CC(O)CCN(C)Cc1cccc(NC(=O)c2ccccc2Cl)c1. The fourth-order valence-electron chi connectivity index (χ4n) is 2.39. The summed E-state index contributed by atoms with van der Waals surface area (Å²) < 4.78 is 0. The highest BCUT2D eigenvalue weighted by atomic mass is 35.5. The van der Waals surface area contributed by atoms with Crippen LogP contribution in [0.2, 0.25) is 5.02 Å². The van der Waals surface area contributed by atoms with Crippen LogP contribution in [-0.2, 0) is 6.54 Å². The Bertz CT molecular complexity index is 689. The molecule has 0 spiro atoms. The van der Waals surface area contributed by atoms with Gasteiger partial charge in [0.05, 0.1) is 16.7 Å². The minimum atomic E-state index is -0.298. The first kappa shape index (κ1) is 18.5. The van der Waals surface area contributed by atoms with E-state index in [-0.39, 0.29) is 12.0 Å². The molecule has 0 radical (unpaired) electrons. The third kappa shape index (κ3) is 5.64. The van der Waals surface area contributed by atoms with Gasteiger partial charge in [-0.25, -0.2) is 0 Å². The summed E-state index contributed by atoms with van der Waals surface area (Å²) in [4.78, 5) is 14.5. The molecule has 0 fully saturated rings. The van der Waals surface area contributed by atoms with E-state index in [1.165, 1.54) is 0 Å². The second kappa shape index (κ2) is 8.83. The second-order valence-corrected chi connectivity index (χ2v) is 6.42. The van der Waals surface area contributed by atoms with Gasteiger partial charge in [-0.15, -0.1) is 0 Å². The molecule has 1 amide bonds. The maximum absolute atomic E-state index is 12.3. The van der Waals surface area contributed by atoms with Crippen LogP contribution in [0.3, 0.4) is 0 Å². The molecule has 5 heteroatoms. The van der Waals surface area contributed by atoms with E-state index in [2.05, 4.69) is 10.2 Å². The van der Waals surface area contributed by atoms with Crippen LogP contribution in [-0.4, -0.2) is 35.6 Å². The molecule has 128 valence electrons. The molecule has 0 aliphatic carbocycles. The number of aliphatic hydroxyl groups excluding tert-OH is 1. The van der Waals surface area contributed by atoms with E-state index in [1.54, 1.807) is 31.2 Å². The summed E-state index contributed by atoms with van der Waals surface area (Å²) in [7, 11) is 2.01. The van der Waals surface area contributed by atoms with Crippen molar-refractivity contribution in [1.29, 1.82) is 0 Å². The smallest absolute Gasteiger partial charge is 0.257 e. The number of hydrogen-bond acceptors (Lipinski definition) is 3. The summed E-state index contributed by atoms with van der Waals surface area (Å²) >= 11 is 6.06. The average molecular weight is 347 g/mol. The lowest BCUT2D eigenvalue weighted by Gasteiger charge is -2.18. The van der Waals surface area contributed by atoms with Gasteiger partial charge in [0.25, 0.3) is 5.91 Å². The molecule has 0 saturated carbocycles. The number of nitrogens with zero attached hydrogens (tertiary/aromatic N) is 1. The normalized spacial score (nSPS) is 12.2. The number of amides is 1. The highest BCUT2D eigenvalue weighted by molar-refractivity contribution is 6.34. The predicted octanol–water partition coefficient (Wildman–Crippen LogP) is 3.80. The van der Waals surface area contributed by atoms with Crippen molar-refractivity contribution in [3.8, 4) is 0 Å². The predicted molar refractivity (Wildman–Crippen MR) is 98.5 cm³/mol. The van der Waals surface area contributed by atoms with Crippen molar-refractivity contribution in [3.63, 3.8) is 0 Å². The van der Waals surface area contributed by atoms with Gasteiger partial charge in [0.1, 0.15) is 0 Å². The van der Waals surface area contributed by atoms with Crippen molar-refractivity contribution < 1.29 is 9.90 Å². The van der Waals surface area contributed by atoms with Crippen LogP contribution in [0.25, 0.3) is 0 Å². The fraction of sp³-hybridized carbons (Fsp3) is 0.316. The zero-order valence-electron chi connectivity index (χ0n) is 14.0. The molecule has 2 N–H and O–H groups in total. The molecule has 24 heavy (non-hydrogen) atoms. The molecule has 0 aliphatic heterocycles. The Hall–Kier alpha value is -1.88.